The van der Waals surface area contributed by atoms with Crippen LogP contribution in [0, 0.1) is 18.3 Å². The molecule has 1 heterocycles. The molecule has 0 spiro atoms. The number of aromatic nitrogens is 1. The molecule has 0 atom stereocenters. The lowest BCUT2D eigenvalue weighted by Gasteiger charge is -2.06. The number of aryl methyl sites for hydroxylation is 1. The molecule has 3 aromatic rings. The van der Waals surface area contributed by atoms with Crippen molar-refractivity contribution in [3.05, 3.63) is 81.9 Å². The zero-order valence-electron chi connectivity index (χ0n) is 19.1. The molecule has 1 N–H and O–H groups in total. The molecule has 0 fully saturated rings. The Balaban J connectivity index is 1.56. The number of rotatable bonds is 11. The third-order valence-corrected chi connectivity index (χ3v) is 5.97. The number of nitrogens with one attached hydrogen (secondary N) is 1. The molecule has 0 saturated carbocycles. The van der Waals surface area contributed by atoms with Gasteiger partial charge in [-0.2, -0.15) is 5.26 Å². The highest BCUT2D eigenvalue weighted by Gasteiger charge is 2.12. The number of carbonyl (C=O) groups excluding carboxylic acids is 1. The van der Waals surface area contributed by atoms with Crippen LogP contribution in [0.3, 0.4) is 0 Å². The first-order valence-electron chi connectivity index (χ1n) is 11.2. The number of anilines is 1. The van der Waals surface area contributed by atoms with E-state index in [1.54, 1.807) is 12.3 Å². The van der Waals surface area contributed by atoms with Gasteiger partial charge < -0.3 is 4.74 Å². The number of amides is 1. The summed E-state index contributed by atoms with van der Waals surface area (Å²) in [6, 6.07) is 17.7. The first kappa shape index (κ1) is 24.2. The van der Waals surface area contributed by atoms with E-state index >= 15 is 0 Å². The van der Waals surface area contributed by atoms with Crippen LogP contribution in [0.4, 0.5) is 5.13 Å². The van der Waals surface area contributed by atoms with Crippen molar-refractivity contribution in [2.24, 2.45) is 0 Å². The molecule has 0 aliphatic rings. The highest BCUT2D eigenvalue weighted by molar-refractivity contribution is 7.15. The SMILES string of the molecule is CCCCCCOc1ccc(/C=C(\C#N)C(=O)Nc2ncc(Cc3cccc(C)c3)s2)cc1. The second-order valence-electron chi connectivity index (χ2n) is 7.90. The molecule has 0 radical (unpaired) electrons. The summed E-state index contributed by atoms with van der Waals surface area (Å²) in [5.74, 6) is 0.320. The van der Waals surface area contributed by atoms with E-state index in [0.29, 0.717) is 11.7 Å². The van der Waals surface area contributed by atoms with Crippen molar-refractivity contribution in [2.45, 2.75) is 46.0 Å². The van der Waals surface area contributed by atoms with Crippen molar-refractivity contribution in [1.29, 1.82) is 5.26 Å². The fourth-order valence-electron chi connectivity index (χ4n) is 3.33. The Morgan fingerprint density at radius 2 is 2.00 bits per heavy atom. The van der Waals surface area contributed by atoms with Gasteiger partial charge in [0.2, 0.25) is 0 Å². The minimum absolute atomic E-state index is 0.0265. The van der Waals surface area contributed by atoms with Gasteiger partial charge in [0.05, 0.1) is 6.61 Å². The first-order chi connectivity index (χ1) is 16.1. The van der Waals surface area contributed by atoms with Gasteiger partial charge >= 0.3 is 0 Å². The van der Waals surface area contributed by atoms with E-state index in [1.165, 1.54) is 41.7 Å². The monoisotopic (exact) mass is 459 g/mol. The molecule has 0 saturated heterocycles. The van der Waals surface area contributed by atoms with E-state index in [9.17, 15) is 10.1 Å². The van der Waals surface area contributed by atoms with Gasteiger partial charge in [-0.1, -0.05) is 68.1 Å². The molecule has 33 heavy (non-hydrogen) atoms. The van der Waals surface area contributed by atoms with Gasteiger partial charge in [-0.25, -0.2) is 4.98 Å². The molecule has 0 unspecified atom stereocenters. The van der Waals surface area contributed by atoms with Gasteiger partial charge in [0, 0.05) is 17.5 Å². The van der Waals surface area contributed by atoms with Gasteiger partial charge in [0.15, 0.2) is 5.13 Å². The summed E-state index contributed by atoms with van der Waals surface area (Å²) in [7, 11) is 0. The van der Waals surface area contributed by atoms with E-state index in [1.807, 2.05) is 36.4 Å². The van der Waals surface area contributed by atoms with Crippen molar-refractivity contribution in [3.63, 3.8) is 0 Å². The van der Waals surface area contributed by atoms with E-state index in [-0.39, 0.29) is 5.57 Å². The summed E-state index contributed by atoms with van der Waals surface area (Å²) in [5, 5.41) is 12.7. The Morgan fingerprint density at radius 3 is 2.73 bits per heavy atom. The highest BCUT2D eigenvalue weighted by Crippen LogP contribution is 2.22. The standard InChI is InChI=1S/C27H29N3O2S/c1-3-4-5-6-14-32-24-12-10-21(11-13-24)16-23(18-28)26(31)30-27-29-19-25(33-27)17-22-9-7-8-20(2)15-22/h7-13,15-16,19H,3-6,14,17H2,1-2H3,(H,29,30,31)/b23-16+. The van der Waals surface area contributed by atoms with Gasteiger partial charge in [-0.3, -0.25) is 10.1 Å². The smallest absolute Gasteiger partial charge is 0.268 e. The number of ether oxygens (including phenoxy) is 1. The van der Waals surface area contributed by atoms with Crippen LogP contribution in [0.2, 0.25) is 0 Å². The first-order valence-corrected chi connectivity index (χ1v) is 12.1. The zero-order valence-corrected chi connectivity index (χ0v) is 20.0. The zero-order chi connectivity index (χ0) is 23.5. The van der Waals surface area contributed by atoms with Gasteiger partial charge in [-0.05, 0) is 42.7 Å². The molecule has 6 heteroatoms. The minimum atomic E-state index is -0.467. The van der Waals surface area contributed by atoms with Crippen molar-refractivity contribution in [1.82, 2.24) is 4.98 Å². The maximum atomic E-state index is 12.6. The number of carbonyl (C=O) groups is 1. The number of benzene rings is 2. The summed E-state index contributed by atoms with van der Waals surface area (Å²) < 4.78 is 5.74. The molecule has 0 aliphatic heterocycles. The van der Waals surface area contributed by atoms with Crippen LogP contribution in [0.5, 0.6) is 5.75 Å². The fourth-order valence-corrected chi connectivity index (χ4v) is 4.17. The third-order valence-electron chi connectivity index (χ3n) is 5.06. The molecule has 3 rings (SSSR count). The third kappa shape index (κ3) is 7.89. The summed E-state index contributed by atoms with van der Waals surface area (Å²) >= 11 is 1.41. The average molecular weight is 460 g/mol. The fraction of sp³-hybridized carbons (Fsp3) is 0.296. The largest absolute Gasteiger partial charge is 0.494 e. The number of unbranched alkanes of at least 4 members (excludes halogenated alkanes) is 3. The molecule has 0 bridgehead atoms. The van der Waals surface area contributed by atoms with E-state index in [2.05, 4.69) is 42.3 Å². The minimum Gasteiger partial charge on any atom is -0.494 e. The van der Waals surface area contributed by atoms with Crippen molar-refractivity contribution in [3.8, 4) is 11.8 Å². The van der Waals surface area contributed by atoms with Crippen molar-refractivity contribution < 1.29 is 9.53 Å². The van der Waals surface area contributed by atoms with E-state index in [0.717, 1.165) is 29.0 Å². The molecule has 170 valence electrons. The predicted octanol–water partition coefficient (Wildman–Crippen LogP) is 6.55. The lowest BCUT2D eigenvalue weighted by Crippen LogP contribution is -2.13. The molecule has 5 nitrogen and oxygen atoms in total. The number of thiazole rings is 1. The highest BCUT2D eigenvalue weighted by atomic mass is 32.1. The Kier molecular flexibility index (Phi) is 9.22. The van der Waals surface area contributed by atoms with Crippen LogP contribution in [0.15, 0.2) is 60.3 Å². The normalized spacial score (nSPS) is 11.1. The Bertz CT molecular complexity index is 1130. The van der Waals surface area contributed by atoms with Crippen LogP contribution >= 0.6 is 11.3 Å². The number of hydrogen-bond donors (Lipinski definition) is 1. The Labute approximate surface area is 199 Å². The molecule has 0 aliphatic carbocycles. The number of nitriles is 1. The second kappa shape index (κ2) is 12.6. The van der Waals surface area contributed by atoms with Crippen molar-refractivity contribution >= 4 is 28.5 Å². The summed E-state index contributed by atoms with van der Waals surface area (Å²) in [6.07, 6.45) is 8.72. The molecule has 1 aromatic heterocycles. The summed E-state index contributed by atoms with van der Waals surface area (Å²) in [5.41, 5.74) is 3.20. The maximum absolute atomic E-state index is 12.6. The number of hydrogen-bond acceptors (Lipinski definition) is 5. The second-order valence-corrected chi connectivity index (χ2v) is 9.01. The van der Waals surface area contributed by atoms with Gasteiger partial charge in [0.1, 0.15) is 17.4 Å². The van der Waals surface area contributed by atoms with Gasteiger partial charge in [0.25, 0.3) is 5.91 Å². The van der Waals surface area contributed by atoms with E-state index < -0.39 is 5.91 Å². The van der Waals surface area contributed by atoms with Crippen LogP contribution in [-0.2, 0) is 11.2 Å². The average Bonchev–Trinajstić information content (AvgIpc) is 3.24. The van der Waals surface area contributed by atoms with Crippen LogP contribution < -0.4 is 10.1 Å². The van der Waals surface area contributed by atoms with Crippen LogP contribution in [0.25, 0.3) is 6.08 Å². The lowest BCUT2D eigenvalue weighted by molar-refractivity contribution is -0.112. The predicted molar refractivity (Wildman–Crippen MR) is 134 cm³/mol. The number of nitrogens with zero attached hydrogens (tertiary/aromatic N) is 2. The summed E-state index contributed by atoms with van der Waals surface area (Å²) in [6.45, 7) is 4.94. The Hall–Kier alpha value is -3.43. The van der Waals surface area contributed by atoms with Gasteiger partial charge in [-0.15, -0.1) is 11.3 Å². The topological polar surface area (TPSA) is 75.0 Å². The molecule has 2 aromatic carbocycles. The van der Waals surface area contributed by atoms with Crippen molar-refractivity contribution in [2.75, 3.05) is 11.9 Å². The van der Waals surface area contributed by atoms with Crippen LogP contribution in [-0.4, -0.2) is 17.5 Å². The van der Waals surface area contributed by atoms with Crippen LogP contribution in [0.1, 0.15) is 54.2 Å². The molecular weight excluding hydrogens is 430 g/mol. The molecular formula is C27H29N3O2S. The lowest BCUT2D eigenvalue weighted by atomic mass is 10.1. The quantitative estimate of drug-likeness (QED) is 0.200. The summed E-state index contributed by atoms with van der Waals surface area (Å²) in [4.78, 5) is 17.9. The molecule has 1 amide bonds. The Morgan fingerprint density at radius 1 is 1.18 bits per heavy atom. The van der Waals surface area contributed by atoms with E-state index in [4.69, 9.17) is 4.74 Å². The maximum Gasteiger partial charge on any atom is 0.268 e.